The fourth-order valence-electron chi connectivity index (χ4n) is 0.772. The van der Waals surface area contributed by atoms with Crippen LogP contribution in [0.3, 0.4) is 0 Å². The van der Waals surface area contributed by atoms with Crippen LogP contribution < -0.4 is 0 Å². The number of hydrogen-bond donors (Lipinski definition) is 2. The second-order valence-electron chi connectivity index (χ2n) is 1.94. The predicted octanol–water partition coefficient (Wildman–Crippen LogP) is 1.84. The van der Waals surface area contributed by atoms with E-state index >= 15 is 0 Å². The van der Waals surface area contributed by atoms with Gasteiger partial charge in [0.15, 0.2) is 0 Å². The summed E-state index contributed by atoms with van der Waals surface area (Å²) in [6.07, 6.45) is 1.93. The second kappa shape index (κ2) is 5.88. The van der Waals surface area contributed by atoms with Crippen molar-refractivity contribution in [1.29, 1.82) is 5.53 Å². The van der Waals surface area contributed by atoms with Gasteiger partial charge in [0.2, 0.25) is 0 Å². The molecule has 0 aliphatic carbocycles. The summed E-state index contributed by atoms with van der Waals surface area (Å²) in [5, 5.41) is 8.29. The Labute approximate surface area is 68.2 Å². The molecule has 0 bridgehead atoms. The van der Waals surface area contributed by atoms with Crippen LogP contribution in [0.5, 0.6) is 0 Å². The molecule has 1 rings (SSSR count). The molecule has 2 N–H and O–H groups in total. The Morgan fingerprint density at radius 2 is 2.36 bits per heavy atom. The highest BCUT2D eigenvalue weighted by Crippen LogP contribution is 2.25. The van der Waals surface area contributed by atoms with Crippen molar-refractivity contribution in [1.82, 2.24) is 0 Å². The topological polar surface area (TPSA) is 97.5 Å². The van der Waals surface area contributed by atoms with E-state index in [1.807, 2.05) is 0 Å². The second-order valence-corrected chi connectivity index (χ2v) is 3.25. The van der Waals surface area contributed by atoms with E-state index in [4.69, 9.17) is 16.2 Å². The van der Waals surface area contributed by atoms with Crippen LogP contribution >= 0.6 is 11.8 Å². The van der Waals surface area contributed by atoms with Crippen molar-refractivity contribution in [2.75, 3.05) is 5.75 Å². The molecule has 0 spiro atoms. The molecule has 1 heterocycles. The molecule has 0 saturated carbocycles. The van der Waals surface area contributed by atoms with E-state index in [9.17, 15) is 4.79 Å². The van der Waals surface area contributed by atoms with Crippen molar-refractivity contribution >= 4 is 17.7 Å². The van der Waals surface area contributed by atoms with Gasteiger partial charge in [-0.2, -0.15) is 0 Å². The number of carboxylic acids is 1. The molecule has 1 saturated heterocycles. The Morgan fingerprint density at radius 1 is 1.82 bits per heavy atom. The zero-order valence-electron chi connectivity index (χ0n) is 5.86. The van der Waals surface area contributed by atoms with Gasteiger partial charge in [-0.25, -0.2) is 0 Å². The summed E-state index contributed by atoms with van der Waals surface area (Å²) in [5.74, 6) is 0.379. The number of hydrogen-bond acceptors (Lipinski definition) is 3. The number of rotatable bonds is 1. The standard InChI is InChI=1S/C5H8O2S.HN3/c6-5(7)4-2-1-3-8-4;1-3-2/h4H,1-3H2,(H,6,7);1H. The van der Waals surface area contributed by atoms with E-state index in [1.165, 1.54) is 0 Å². The Kier molecular flexibility index (Phi) is 5.42. The van der Waals surface area contributed by atoms with Crippen molar-refractivity contribution in [3.8, 4) is 0 Å². The SMILES string of the molecule is O=C(O)C1CCCS1.[N-]=[N+]=N. The quantitative estimate of drug-likeness (QED) is 0.361. The molecule has 5 nitrogen and oxygen atoms in total. The maximum absolute atomic E-state index is 10.2. The van der Waals surface area contributed by atoms with E-state index in [0.29, 0.717) is 0 Å². The maximum Gasteiger partial charge on any atom is 0.316 e. The van der Waals surface area contributed by atoms with Gasteiger partial charge in [-0.15, -0.1) is 17.3 Å². The largest absolute Gasteiger partial charge is 0.480 e. The van der Waals surface area contributed by atoms with Gasteiger partial charge in [0.25, 0.3) is 0 Å². The van der Waals surface area contributed by atoms with Crippen LogP contribution in [0.25, 0.3) is 10.4 Å². The lowest BCUT2D eigenvalue weighted by Gasteiger charge is -1.96. The molecular formula is C5H9N3O2S. The molecule has 1 fully saturated rings. The van der Waals surface area contributed by atoms with Crippen LogP contribution in [0.15, 0.2) is 0 Å². The predicted molar refractivity (Wildman–Crippen MR) is 42.6 cm³/mol. The number of aliphatic carboxylic acids is 1. The number of nitrogens with zero attached hydrogens (tertiary/aromatic N) is 2. The molecule has 0 aromatic rings. The number of carboxylic acid groups (broad SMARTS) is 1. The first kappa shape index (κ1) is 10.1. The summed E-state index contributed by atoms with van der Waals surface area (Å²) >= 11 is 1.55. The number of carbonyl (C=O) groups is 1. The summed E-state index contributed by atoms with van der Waals surface area (Å²) in [6, 6.07) is 0. The minimum atomic E-state index is -0.646. The van der Waals surface area contributed by atoms with Gasteiger partial charge >= 0.3 is 5.97 Å². The van der Waals surface area contributed by atoms with Gasteiger partial charge in [-0.1, -0.05) is 0 Å². The summed E-state index contributed by atoms with van der Waals surface area (Å²) in [4.78, 5) is 11.9. The van der Waals surface area contributed by atoms with Gasteiger partial charge in [-0.05, 0) is 29.0 Å². The van der Waals surface area contributed by atoms with E-state index in [2.05, 4.69) is 0 Å². The van der Waals surface area contributed by atoms with Crippen LogP contribution in [0.1, 0.15) is 12.8 Å². The average molecular weight is 175 g/mol. The van der Waals surface area contributed by atoms with Gasteiger partial charge in [-0.3, -0.25) is 4.79 Å². The van der Waals surface area contributed by atoms with Crippen LogP contribution in [0.4, 0.5) is 0 Å². The highest BCUT2D eigenvalue weighted by Gasteiger charge is 2.21. The molecule has 1 unspecified atom stereocenters. The van der Waals surface area contributed by atoms with E-state index in [-0.39, 0.29) is 5.25 Å². The molecular weight excluding hydrogens is 166 g/mol. The Balaban J connectivity index is 0.000000292. The van der Waals surface area contributed by atoms with Crippen LogP contribution in [0, 0.1) is 5.53 Å². The molecule has 0 aromatic heterocycles. The molecule has 0 amide bonds. The first-order chi connectivity index (χ1) is 5.22. The van der Waals surface area contributed by atoms with Gasteiger partial charge in [0, 0.05) is 0 Å². The van der Waals surface area contributed by atoms with Crippen molar-refractivity contribution in [3.05, 3.63) is 10.4 Å². The normalized spacial score (nSPS) is 21.3. The number of thioether (sulfide) groups is 1. The highest BCUT2D eigenvalue weighted by molar-refractivity contribution is 8.00. The number of nitrogens with one attached hydrogen (secondary N) is 1. The monoisotopic (exact) mass is 175 g/mol. The molecule has 1 atom stereocenters. The third-order valence-corrected chi connectivity index (χ3v) is 2.57. The summed E-state index contributed by atoms with van der Waals surface area (Å²) in [6.45, 7) is 0. The molecule has 0 aromatic carbocycles. The van der Waals surface area contributed by atoms with Crippen LogP contribution in [-0.2, 0) is 4.79 Å². The van der Waals surface area contributed by atoms with Gasteiger partial charge in [0.05, 0.1) is 0 Å². The third kappa shape index (κ3) is 4.52. The van der Waals surface area contributed by atoms with Crippen molar-refractivity contribution < 1.29 is 9.90 Å². The Hall–Kier alpha value is -0.870. The zero-order valence-corrected chi connectivity index (χ0v) is 6.67. The van der Waals surface area contributed by atoms with E-state index < -0.39 is 5.97 Å². The van der Waals surface area contributed by atoms with Crippen molar-refractivity contribution in [3.63, 3.8) is 0 Å². The Morgan fingerprint density at radius 3 is 2.55 bits per heavy atom. The van der Waals surface area contributed by atoms with E-state index in [0.717, 1.165) is 18.6 Å². The lowest BCUT2D eigenvalue weighted by atomic mass is 10.3. The molecule has 1 aliphatic heterocycles. The Bertz CT molecular complexity index is 161. The molecule has 6 heteroatoms. The molecule has 0 radical (unpaired) electrons. The zero-order chi connectivity index (χ0) is 8.69. The molecule has 1 aliphatic rings. The molecule has 62 valence electrons. The fourth-order valence-corrected chi connectivity index (χ4v) is 1.87. The van der Waals surface area contributed by atoms with Gasteiger partial charge in [0.1, 0.15) is 5.25 Å². The highest BCUT2D eigenvalue weighted by atomic mass is 32.2. The minimum absolute atomic E-state index is 0.102. The lowest BCUT2D eigenvalue weighted by Crippen LogP contribution is -2.11. The lowest BCUT2D eigenvalue weighted by molar-refractivity contribution is -0.136. The first-order valence-corrected chi connectivity index (χ1v) is 4.12. The average Bonchev–Trinajstić information content (AvgIpc) is 2.38. The van der Waals surface area contributed by atoms with Crippen molar-refractivity contribution in [2.24, 2.45) is 0 Å². The maximum atomic E-state index is 10.2. The van der Waals surface area contributed by atoms with Crippen molar-refractivity contribution in [2.45, 2.75) is 18.1 Å². The minimum Gasteiger partial charge on any atom is -0.480 e. The summed E-state index contributed by atoms with van der Waals surface area (Å²) in [5.41, 5.74) is 12.2. The first-order valence-electron chi connectivity index (χ1n) is 3.07. The summed E-state index contributed by atoms with van der Waals surface area (Å²) < 4.78 is 0. The third-order valence-electron chi connectivity index (χ3n) is 1.21. The van der Waals surface area contributed by atoms with Crippen LogP contribution in [0.2, 0.25) is 0 Å². The smallest absolute Gasteiger partial charge is 0.316 e. The fraction of sp³-hybridized carbons (Fsp3) is 0.800. The molecule has 11 heavy (non-hydrogen) atoms. The van der Waals surface area contributed by atoms with Gasteiger partial charge < -0.3 is 5.11 Å². The summed E-state index contributed by atoms with van der Waals surface area (Å²) in [7, 11) is 0. The van der Waals surface area contributed by atoms with Crippen LogP contribution in [-0.4, -0.2) is 22.1 Å². The van der Waals surface area contributed by atoms with E-state index in [1.54, 1.807) is 16.7 Å².